The van der Waals surface area contributed by atoms with E-state index in [9.17, 15) is 4.79 Å². The maximum Gasteiger partial charge on any atom is 0.265 e. The van der Waals surface area contributed by atoms with Gasteiger partial charge in [0, 0.05) is 43.8 Å². The molecular weight excluding hydrogens is 449 g/mol. The number of hydrogen-bond acceptors (Lipinski definition) is 7. The lowest BCUT2D eigenvalue weighted by molar-refractivity contribution is 0.0985. The van der Waals surface area contributed by atoms with Crippen LogP contribution in [0.5, 0.6) is 0 Å². The summed E-state index contributed by atoms with van der Waals surface area (Å²) in [6, 6.07) is 13.3. The zero-order chi connectivity index (χ0) is 22.1. The van der Waals surface area contributed by atoms with E-state index in [1.165, 1.54) is 16.8 Å². The molecule has 2 aliphatic rings. The van der Waals surface area contributed by atoms with E-state index >= 15 is 0 Å². The van der Waals surface area contributed by atoms with Crippen LogP contribution in [0.2, 0.25) is 10.0 Å². The van der Waals surface area contributed by atoms with Crippen LogP contribution < -0.4 is 25.8 Å². The quantitative estimate of drug-likeness (QED) is 0.532. The topological polar surface area (TPSA) is 85.4 Å². The minimum atomic E-state index is -0.263. The van der Waals surface area contributed by atoms with Crippen molar-refractivity contribution in [2.45, 2.75) is 0 Å². The molecule has 3 aromatic rings. The molecule has 164 valence electrons. The highest BCUT2D eigenvalue weighted by molar-refractivity contribution is 6.40. The van der Waals surface area contributed by atoms with Gasteiger partial charge in [0.2, 0.25) is 5.95 Å². The highest BCUT2D eigenvalue weighted by Crippen LogP contribution is 2.36. The van der Waals surface area contributed by atoms with Crippen molar-refractivity contribution in [1.82, 2.24) is 15.3 Å². The van der Waals surface area contributed by atoms with Crippen molar-refractivity contribution >= 4 is 57.9 Å². The number of para-hydroxylation sites is 1. The molecule has 1 amide bonds. The van der Waals surface area contributed by atoms with Gasteiger partial charge in [0.25, 0.3) is 5.91 Å². The summed E-state index contributed by atoms with van der Waals surface area (Å²) in [6.07, 6.45) is 1.51. The third-order valence-corrected chi connectivity index (χ3v) is 6.09. The Labute approximate surface area is 195 Å². The minimum Gasteiger partial charge on any atom is -0.369 e. The Morgan fingerprint density at radius 2 is 1.72 bits per heavy atom. The number of anilines is 5. The molecule has 0 aliphatic carbocycles. The smallest absolute Gasteiger partial charge is 0.265 e. The average Bonchev–Trinajstić information content (AvgIpc) is 2.81. The summed E-state index contributed by atoms with van der Waals surface area (Å²) < 4.78 is 0. The number of hydrogen-bond donors (Lipinski definition) is 3. The van der Waals surface area contributed by atoms with Crippen molar-refractivity contribution in [3.8, 4) is 0 Å². The number of nitrogens with zero attached hydrogens (tertiary/aromatic N) is 4. The van der Waals surface area contributed by atoms with Crippen LogP contribution in [0.3, 0.4) is 0 Å². The first-order valence-electron chi connectivity index (χ1n) is 10.3. The van der Waals surface area contributed by atoms with Gasteiger partial charge in [-0.25, -0.2) is 4.98 Å². The summed E-state index contributed by atoms with van der Waals surface area (Å²) in [7, 11) is 0. The second-order valence-corrected chi connectivity index (χ2v) is 8.32. The van der Waals surface area contributed by atoms with Gasteiger partial charge >= 0.3 is 0 Å². The largest absolute Gasteiger partial charge is 0.369 e. The summed E-state index contributed by atoms with van der Waals surface area (Å²) in [5.74, 6) is 0.605. The number of fused-ring (bicyclic) bond motifs is 1. The second kappa shape index (κ2) is 8.82. The third-order valence-electron chi connectivity index (χ3n) is 5.48. The van der Waals surface area contributed by atoms with Gasteiger partial charge in [-0.3, -0.25) is 9.69 Å². The summed E-state index contributed by atoms with van der Waals surface area (Å²) >= 11 is 12.6. The summed E-state index contributed by atoms with van der Waals surface area (Å²) in [4.78, 5) is 25.7. The van der Waals surface area contributed by atoms with Crippen molar-refractivity contribution in [2.24, 2.45) is 0 Å². The molecule has 1 saturated heterocycles. The number of benzene rings is 2. The maximum absolute atomic E-state index is 13.0. The lowest BCUT2D eigenvalue weighted by atomic mass is 10.2. The van der Waals surface area contributed by atoms with Crippen molar-refractivity contribution in [1.29, 1.82) is 0 Å². The maximum atomic E-state index is 13.0. The molecule has 0 bridgehead atoms. The number of nitrogens with one attached hydrogen (secondary N) is 3. The Morgan fingerprint density at radius 3 is 2.44 bits per heavy atom. The van der Waals surface area contributed by atoms with Gasteiger partial charge in [-0.2, -0.15) is 4.98 Å². The van der Waals surface area contributed by atoms with E-state index in [2.05, 4.69) is 43.0 Å². The Bertz CT molecular complexity index is 1130. The van der Waals surface area contributed by atoms with E-state index in [0.29, 0.717) is 33.1 Å². The van der Waals surface area contributed by atoms with Crippen LogP contribution in [-0.4, -0.2) is 48.7 Å². The number of rotatable bonds is 4. The molecule has 0 unspecified atom stereocenters. The van der Waals surface area contributed by atoms with Crippen LogP contribution in [0.1, 0.15) is 10.4 Å². The molecule has 3 N–H and O–H groups in total. The first-order chi connectivity index (χ1) is 15.6. The van der Waals surface area contributed by atoms with E-state index in [1.807, 2.05) is 12.1 Å². The van der Waals surface area contributed by atoms with Gasteiger partial charge in [-0.05, 0) is 36.4 Å². The Hall–Kier alpha value is -3.07. The molecule has 0 radical (unpaired) electrons. The molecule has 3 heterocycles. The SMILES string of the molecule is O=C1c2cnc(Nc3ccc(N4CCNCC4)cc3)nc2NCN1c1c(Cl)cccc1Cl. The number of piperazine rings is 1. The van der Waals surface area contributed by atoms with Gasteiger partial charge in [-0.1, -0.05) is 29.3 Å². The van der Waals surface area contributed by atoms with Crippen molar-refractivity contribution in [2.75, 3.05) is 53.3 Å². The first-order valence-corrected chi connectivity index (χ1v) is 11.1. The second-order valence-electron chi connectivity index (χ2n) is 7.50. The molecule has 2 aliphatic heterocycles. The monoisotopic (exact) mass is 469 g/mol. The fourth-order valence-electron chi connectivity index (χ4n) is 3.84. The van der Waals surface area contributed by atoms with Gasteiger partial charge in [-0.15, -0.1) is 0 Å². The molecular formula is C22H21Cl2N7O. The number of carbonyl (C=O) groups is 1. The van der Waals surface area contributed by atoms with Gasteiger partial charge in [0.05, 0.1) is 22.4 Å². The number of amides is 1. The van der Waals surface area contributed by atoms with Crippen LogP contribution in [-0.2, 0) is 0 Å². The van der Waals surface area contributed by atoms with Gasteiger partial charge in [0.15, 0.2) is 0 Å². The van der Waals surface area contributed by atoms with E-state index in [4.69, 9.17) is 23.2 Å². The van der Waals surface area contributed by atoms with Crippen LogP contribution >= 0.6 is 23.2 Å². The van der Waals surface area contributed by atoms with Gasteiger partial charge < -0.3 is 20.9 Å². The molecule has 8 nitrogen and oxygen atoms in total. The summed E-state index contributed by atoms with van der Waals surface area (Å²) in [6.45, 7) is 4.18. The Morgan fingerprint density at radius 1 is 1.00 bits per heavy atom. The standard InChI is InChI=1S/C22H21Cl2N7O/c23-17-2-1-3-18(24)19(17)31-13-27-20-16(21(31)32)12-26-22(29-20)28-14-4-6-15(7-5-14)30-10-8-25-9-11-30/h1-7,12,25H,8-11,13H2,(H2,26,27,28,29). The summed E-state index contributed by atoms with van der Waals surface area (Å²) in [5.41, 5.74) is 2.88. The first kappa shape index (κ1) is 20.8. The fraction of sp³-hybridized carbons (Fsp3) is 0.227. The lowest BCUT2D eigenvalue weighted by Crippen LogP contribution is -2.43. The molecule has 1 fully saturated rings. The van der Waals surface area contributed by atoms with Crippen molar-refractivity contribution < 1.29 is 4.79 Å². The van der Waals surface area contributed by atoms with E-state index in [-0.39, 0.29) is 12.6 Å². The van der Waals surface area contributed by atoms with Crippen LogP contribution in [0.4, 0.5) is 28.8 Å². The number of carbonyl (C=O) groups excluding carboxylic acids is 1. The van der Waals surface area contributed by atoms with Crippen molar-refractivity contribution in [3.05, 3.63) is 64.3 Å². The lowest BCUT2D eigenvalue weighted by Gasteiger charge is -2.30. The molecule has 10 heteroatoms. The highest BCUT2D eigenvalue weighted by atomic mass is 35.5. The average molecular weight is 470 g/mol. The molecule has 0 saturated carbocycles. The molecule has 1 aromatic heterocycles. The predicted octanol–water partition coefficient (Wildman–Crippen LogP) is 3.97. The molecule has 0 spiro atoms. The van der Waals surface area contributed by atoms with Crippen molar-refractivity contribution in [3.63, 3.8) is 0 Å². The molecule has 2 aromatic carbocycles. The normalized spacial score (nSPS) is 15.9. The minimum absolute atomic E-state index is 0.200. The van der Waals surface area contributed by atoms with E-state index in [1.54, 1.807) is 18.2 Å². The Balaban J connectivity index is 1.32. The molecule has 32 heavy (non-hydrogen) atoms. The number of aromatic nitrogens is 2. The van der Waals surface area contributed by atoms with Gasteiger partial charge in [0.1, 0.15) is 11.4 Å². The van der Waals surface area contributed by atoms with Crippen LogP contribution in [0.15, 0.2) is 48.7 Å². The highest BCUT2D eigenvalue weighted by Gasteiger charge is 2.29. The number of halogens is 2. The summed E-state index contributed by atoms with van der Waals surface area (Å²) in [5, 5.41) is 10.5. The third kappa shape index (κ3) is 4.04. The fourth-order valence-corrected chi connectivity index (χ4v) is 4.44. The van der Waals surface area contributed by atoms with Crippen LogP contribution in [0, 0.1) is 0 Å². The van der Waals surface area contributed by atoms with Crippen LogP contribution in [0.25, 0.3) is 0 Å². The zero-order valence-corrected chi connectivity index (χ0v) is 18.6. The Kier molecular flexibility index (Phi) is 5.73. The molecule has 5 rings (SSSR count). The van der Waals surface area contributed by atoms with E-state index in [0.717, 1.165) is 31.9 Å². The zero-order valence-electron chi connectivity index (χ0n) is 17.1. The van der Waals surface area contributed by atoms with E-state index < -0.39 is 0 Å². The predicted molar refractivity (Wildman–Crippen MR) is 129 cm³/mol. The molecule has 0 atom stereocenters.